The zero-order valence-corrected chi connectivity index (χ0v) is 23.3. The van der Waals surface area contributed by atoms with Crippen LogP contribution in [0.1, 0.15) is 38.7 Å². The molecule has 0 saturated carbocycles. The Hall–Kier alpha value is -5.02. The number of carbonyl (C=O) groups is 1. The number of hydrogen-bond donors (Lipinski definition) is 0. The van der Waals surface area contributed by atoms with Crippen LogP contribution in [0.5, 0.6) is 5.75 Å². The first kappa shape index (κ1) is 27.2. The van der Waals surface area contributed by atoms with Crippen LogP contribution in [-0.4, -0.2) is 23.0 Å². The van der Waals surface area contributed by atoms with Gasteiger partial charge >= 0.3 is 5.63 Å². The molecule has 2 heterocycles. The van der Waals surface area contributed by atoms with Gasteiger partial charge in [0, 0.05) is 45.7 Å². The number of fused-ring (bicyclic) bond motifs is 2. The van der Waals surface area contributed by atoms with E-state index in [1.807, 2.05) is 43.3 Å². The maximum Gasteiger partial charge on any atom is 0.336 e. The molecule has 1 aromatic heterocycles. The summed E-state index contributed by atoms with van der Waals surface area (Å²) in [4.78, 5) is 42.6. The number of aliphatic imine (C=N–C) groups is 1. The topological polar surface area (TPSA) is 112 Å². The molecule has 0 spiro atoms. The van der Waals surface area contributed by atoms with E-state index in [4.69, 9.17) is 14.1 Å². The molecule has 0 amide bonds. The second-order valence-corrected chi connectivity index (χ2v) is 11.1. The first-order valence-corrected chi connectivity index (χ1v) is 14.1. The quantitative estimate of drug-likeness (QED) is 0.0847. The minimum absolute atomic E-state index is 0.000602. The molecule has 0 N–H and O–H groups in total. The lowest BCUT2D eigenvalue weighted by molar-refractivity contribution is -0.384. The summed E-state index contributed by atoms with van der Waals surface area (Å²) in [6.07, 6.45) is 0.347. The van der Waals surface area contributed by atoms with Gasteiger partial charge in [-0.3, -0.25) is 19.9 Å². The molecule has 0 fully saturated rings. The van der Waals surface area contributed by atoms with E-state index in [0.29, 0.717) is 45.7 Å². The molecule has 8 nitrogen and oxygen atoms in total. The Kier molecular flexibility index (Phi) is 7.41. The smallest absolute Gasteiger partial charge is 0.336 e. The van der Waals surface area contributed by atoms with Crippen molar-refractivity contribution < 1.29 is 18.9 Å². The number of rotatable bonds is 7. The summed E-state index contributed by atoms with van der Waals surface area (Å²) in [6.45, 7) is 1.60. The van der Waals surface area contributed by atoms with Gasteiger partial charge in [-0.25, -0.2) is 4.79 Å². The van der Waals surface area contributed by atoms with Crippen LogP contribution in [0, 0.1) is 17.0 Å². The second-order valence-electron chi connectivity index (χ2n) is 9.83. The number of ether oxygens (including phenoxy) is 1. The molecule has 1 aliphatic heterocycles. The van der Waals surface area contributed by atoms with E-state index in [0.717, 1.165) is 16.0 Å². The van der Waals surface area contributed by atoms with E-state index in [2.05, 4.69) is 0 Å². The molecule has 208 valence electrons. The lowest BCUT2D eigenvalue weighted by Gasteiger charge is -2.18. The molecule has 0 radical (unpaired) electrons. The third-order valence-corrected chi connectivity index (χ3v) is 8.37. The molecular formula is C33H24N2O6S. The van der Waals surface area contributed by atoms with Crippen LogP contribution in [0.15, 0.2) is 116 Å². The van der Waals surface area contributed by atoms with Crippen LogP contribution < -0.4 is 10.4 Å². The third-order valence-electron chi connectivity index (χ3n) is 7.05. The Bertz CT molecular complexity index is 1930. The van der Waals surface area contributed by atoms with Crippen LogP contribution in [0.4, 0.5) is 11.4 Å². The van der Waals surface area contributed by atoms with Gasteiger partial charge in [0.05, 0.1) is 21.9 Å². The Morgan fingerprint density at radius 3 is 2.62 bits per heavy atom. The summed E-state index contributed by atoms with van der Waals surface area (Å²) < 4.78 is 11.9. The SMILES string of the molecule is Cc1cc(=O)oc2c(C3=Nc4ccccc4S[C@H](c4cccc([N+](=O)[O-])c4)C3)c(OCC(=O)c3ccccc3)ccc12. The molecule has 0 bridgehead atoms. The predicted octanol–water partition coefficient (Wildman–Crippen LogP) is 7.63. The molecule has 0 unspecified atom stereocenters. The van der Waals surface area contributed by atoms with Crippen molar-refractivity contribution in [2.45, 2.75) is 23.5 Å². The highest BCUT2D eigenvalue weighted by molar-refractivity contribution is 7.99. The summed E-state index contributed by atoms with van der Waals surface area (Å²) >= 11 is 1.56. The minimum Gasteiger partial charge on any atom is -0.485 e. The number of nitro benzene ring substituents is 1. The average Bonchev–Trinajstić information content (AvgIpc) is 3.19. The van der Waals surface area contributed by atoms with Gasteiger partial charge in [0.15, 0.2) is 18.0 Å². The first-order chi connectivity index (χ1) is 20.4. The second kappa shape index (κ2) is 11.5. The van der Waals surface area contributed by atoms with Crippen molar-refractivity contribution in [2.24, 2.45) is 4.99 Å². The normalized spacial score (nSPS) is 14.5. The summed E-state index contributed by atoms with van der Waals surface area (Å²) in [7, 11) is 0. The number of non-ortho nitro benzene ring substituents is 1. The molecule has 4 aromatic carbocycles. The average molecular weight is 577 g/mol. The number of hydrogen-bond acceptors (Lipinski definition) is 8. The molecule has 42 heavy (non-hydrogen) atoms. The lowest BCUT2D eigenvalue weighted by atomic mass is 9.97. The number of nitrogens with zero attached hydrogens (tertiary/aromatic N) is 2. The van der Waals surface area contributed by atoms with Gasteiger partial charge in [0.2, 0.25) is 0 Å². The van der Waals surface area contributed by atoms with Gasteiger partial charge in [0.25, 0.3) is 5.69 Å². The van der Waals surface area contributed by atoms with Crippen molar-refractivity contribution in [2.75, 3.05) is 6.61 Å². The van der Waals surface area contributed by atoms with Gasteiger partial charge in [-0.1, -0.05) is 54.6 Å². The number of benzene rings is 4. The molecular weight excluding hydrogens is 552 g/mol. The van der Waals surface area contributed by atoms with Crippen molar-refractivity contribution in [3.63, 3.8) is 0 Å². The molecule has 5 aromatic rings. The summed E-state index contributed by atoms with van der Waals surface area (Å²) in [6, 6.07) is 28.1. The predicted molar refractivity (Wildman–Crippen MR) is 162 cm³/mol. The number of carbonyl (C=O) groups excluding carboxylic acids is 1. The number of aryl methyl sites for hydroxylation is 1. The Morgan fingerprint density at radius 1 is 1.02 bits per heavy atom. The van der Waals surface area contributed by atoms with Gasteiger partial charge in [-0.15, -0.1) is 11.8 Å². The number of nitro groups is 1. The van der Waals surface area contributed by atoms with Crippen LogP contribution in [0.2, 0.25) is 0 Å². The fourth-order valence-electron chi connectivity index (χ4n) is 5.00. The Labute approximate surface area is 244 Å². The van der Waals surface area contributed by atoms with Crippen molar-refractivity contribution in [1.29, 1.82) is 0 Å². The zero-order valence-electron chi connectivity index (χ0n) is 22.5. The summed E-state index contributed by atoms with van der Waals surface area (Å²) in [5, 5.41) is 12.0. The van der Waals surface area contributed by atoms with E-state index in [-0.39, 0.29) is 23.3 Å². The highest BCUT2D eigenvalue weighted by atomic mass is 32.2. The number of thioether (sulfide) groups is 1. The largest absolute Gasteiger partial charge is 0.485 e. The van der Waals surface area contributed by atoms with E-state index in [1.165, 1.54) is 12.1 Å². The van der Waals surface area contributed by atoms with Crippen molar-refractivity contribution in [1.82, 2.24) is 0 Å². The van der Waals surface area contributed by atoms with Gasteiger partial charge in [-0.05, 0) is 42.3 Å². The van der Waals surface area contributed by atoms with Crippen molar-refractivity contribution in [3.05, 3.63) is 140 Å². The van der Waals surface area contributed by atoms with Gasteiger partial charge < -0.3 is 9.15 Å². The molecule has 0 saturated heterocycles. The molecule has 0 aliphatic carbocycles. The minimum atomic E-state index is -0.516. The highest BCUT2D eigenvalue weighted by Gasteiger charge is 2.28. The molecule has 1 aliphatic rings. The monoisotopic (exact) mass is 576 g/mol. The van der Waals surface area contributed by atoms with E-state index in [9.17, 15) is 19.7 Å². The Morgan fingerprint density at radius 2 is 1.81 bits per heavy atom. The molecule has 9 heteroatoms. The first-order valence-electron chi connectivity index (χ1n) is 13.2. The van der Waals surface area contributed by atoms with Crippen LogP contribution in [-0.2, 0) is 0 Å². The highest BCUT2D eigenvalue weighted by Crippen LogP contribution is 2.47. The van der Waals surface area contributed by atoms with Crippen molar-refractivity contribution in [3.8, 4) is 5.75 Å². The fraction of sp³-hybridized carbons (Fsp3) is 0.121. The molecule has 6 rings (SSSR count). The van der Waals surface area contributed by atoms with Gasteiger partial charge in [-0.2, -0.15) is 0 Å². The van der Waals surface area contributed by atoms with E-state index in [1.54, 1.807) is 60.3 Å². The van der Waals surface area contributed by atoms with Crippen molar-refractivity contribution >= 4 is 45.6 Å². The maximum atomic E-state index is 12.9. The summed E-state index contributed by atoms with van der Waals surface area (Å²) in [5.41, 5.74) is 3.57. The van der Waals surface area contributed by atoms with Crippen LogP contribution in [0.3, 0.4) is 0 Å². The van der Waals surface area contributed by atoms with E-state index >= 15 is 0 Å². The number of ketones is 1. The van der Waals surface area contributed by atoms with Gasteiger partial charge in [0.1, 0.15) is 5.75 Å². The zero-order chi connectivity index (χ0) is 29.2. The number of para-hydroxylation sites is 1. The lowest BCUT2D eigenvalue weighted by Crippen LogP contribution is -2.15. The molecule has 1 atom stereocenters. The van der Waals surface area contributed by atoms with Crippen LogP contribution in [0.25, 0.3) is 11.0 Å². The summed E-state index contributed by atoms with van der Waals surface area (Å²) in [5.74, 6) is 0.145. The third kappa shape index (κ3) is 5.46. The van der Waals surface area contributed by atoms with Crippen LogP contribution >= 0.6 is 11.8 Å². The van der Waals surface area contributed by atoms with E-state index < -0.39 is 10.5 Å². The number of Topliss-reactive ketones (excluding diaryl/α,β-unsaturated/α-hetero) is 1. The standard InChI is InChI=1S/C33H24N2O6S/c1-20-16-31(37)41-33-24(20)14-15-28(40-19-27(36)21-8-3-2-4-9-21)32(33)26-18-30(22-10-7-11-23(17-22)35(38)39)42-29-13-6-5-12-25(29)34-26/h2-17,30H,18-19H2,1H3/t30-/m0/s1. The maximum absolute atomic E-state index is 12.9. The fourth-order valence-corrected chi connectivity index (χ4v) is 6.23. The Balaban J connectivity index is 1.51.